The van der Waals surface area contributed by atoms with Crippen molar-refractivity contribution in [2.75, 3.05) is 5.75 Å². The first kappa shape index (κ1) is 16.4. The highest BCUT2D eigenvalue weighted by Crippen LogP contribution is 2.26. The predicted octanol–water partition coefficient (Wildman–Crippen LogP) is 2.94. The number of hydrogen-bond acceptors (Lipinski definition) is 4. The molecule has 0 amide bonds. The smallest absolute Gasteiger partial charge is 0.238 e. The lowest BCUT2D eigenvalue weighted by atomic mass is 10.3. The van der Waals surface area contributed by atoms with Crippen molar-refractivity contribution in [2.45, 2.75) is 29.9 Å². The third kappa shape index (κ3) is 3.79. The normalized spacial score (nSPS) is 12.5. The molecular formula is C13H16ClN3O2S2. The van der Waals surface area contributed by atoms with Gasteiger partial charge in [-0.05, 0) is 24.6 Å². The Morgan fingerprint density at radius 3 is 2.86 bits per heavy atom. The highest BCUT2D eigenvalue weighted by molar-refractivity contribution is 7.99. The number of hydrogen-bond donors (Lipinski definition) is 1. The zero-order valence-corrected chi connectivity index (χ0v) is 13.9. The number of benzene rings is 1. The fourth-order valence-corrected chi connectivity index (χ4v) is 3.55. The molecule has 8 heteroatoms. The van der Waals surface area contributed by atoms with Crippen LogP contribution in [0, 0.1) is 0 Å². The highest BCUT2D eigenvalue weighted by atomic mass is 35.5. The fourth-order valence-electron chi connectivity index (χ4n) is 1.97. The maximum absolute atomic E-state index is 11.4. The average Bonchev–Trinajstić information content (AvgIpc) is 2.76. The number of aryl methyl sites for hydroxylation is 1. The third-order valence-electron chi connectivity index (χ3n) is 2.86. The minimum Gasteiger partial charge on any atom is -0.319 e. The van der Waals surface area contributed by atoms with Gasteiger partial charge >= 0.3 is 0 Å². The first-order chi connectivity index (χ1) is 9.97. The number of thioether (sulfide) groups is 1. The standard InChI is InChI=1S/C13H16ClN3O2S2/c1-2-7-17-12-5-4-10(21(15,18)19)9-11(12)16-13(17)20-8-3-6-14/h3-6,9H,2,7-8H2,1H3,(H2,15,18,19)/b6-3+. The zero-order chi connectivity index (χ0) is 15.5. The maximum atomic E-state index is 11.4. The summed E-state index contributed by atoms with van der Waals surface area (Å²) in [7, 11) is -3.72. The number of imidazole rings is 1. The second-order valence-corrected chi connectivity index (χ2v) is 7.21. The molecule has 1 aromatic heterocycles. The molecule has 2 N–H and O–H groups in total. The van der Waals surface area contributed by atoms with E-state index in [1.807, 2.05) is 6.08 Å². The number of nitrogens with zero attached hydrogens (tertiary/aromatic N) is 2. The fraction of sp³-hybridized carbons (Fsp3) is 0.308. The molecule has 0 bridgehead atoms. The summed E-state index contributed by atoms with van der Waals surface area (Å²) in [6, 6.07) is 4.77. The number of rotatable bonds is 6. The van der Waals surface area contributed by atoms with Gasteiger partial charge in [-0.1, -0.05) is 36.4 Å². The summed E-state index contributed by atoms with van der Waals surface area (Å²) in [5.41, 5.74) is 3.01. The number of halogens is 1. The van der Waals surface area contributed by atoms with E-state index < -0.39 is 10.0 Å². The molecule has 2 rings (SSSR count). The van der Waals surface area contributed by atoms with Crippen molar-refractivity contribution < 1.29 is 8.42 Å². The molecule has 5 nitrogen and oxygen atoms in total. The monoisotopic (exact) mass is 345 g/mol. The molecule has 0 atom stereocenters. The third-order valence-corrected chi connectivity index (χ3v) is 4.88. The average molecular weight is 346 g/mol. The van der Waals surface area contributed by atoms with Crippen molar-refractivity contribution >= 4 is 44.4 Å². The van der Waals surface area contributed by atoms with Crippen molar-refractivity contribution in [1.29, 1.82) is 0 Å². The van der Waals surface area contributed by atoms with E-state index in [-0.39, 0.29) is 4.90 Å². The summed E-state index contributed by atoms with van der Waals surface area (Å²) in [5, 5.41) is 6.00. The van der Waals surface area contributed by atoms with Gasteiger partial charge in [-0.15, -0.1) is 0 Å². The van der Waals surface area contributed by atoms with Gasteiger partial charge in [0.15, 0.2) is 5.16 Å². The molecule has 0 radical (unpaired) electrons. The van der Waals surface area contributed by atoms with Crippen molar-refractivity contribution in [3.8, 4) is 0 Å². The number of nitrogens with two attached hydrogens (primary N) is 1. The number of aromatic nitrogens is 2. The molecule has 21 heavy (non-hydrogen) atoms. The van der Waals surface area contributed by atoms with Gasteiger partial charge in [0, 0.05) is 17.8 Å². The van der Waals surface area contributed by atoms with E-state index in [1.165, 1.54) is 17.7 Å². The Bertz CT molecular complexity index is 769. The Labute approximate surface area is 133 Å². The van der Waals surface area contributed by atoms with Crippen LogP contribution in [0.15, 0.2) is 39.9 Å². The SMILES string of the molecule is CCCn1c(SC/C=C/Cl)nc2cc(S(N)(=O)=O)ccc21. The van der Waals surface area contributed by atoms with Crippen LogP contribution >= 0.6 is 23.4 Å². The second-order valence-electron chi connectivity index (χ2n) is 4.41. The predicted molar refractivity (Wildman–Crippen MR) is 87.1 cm³/mol. The molecule has 1 aromatic carbocycles. The Morgan fingerprint density at radius 1 is 1.48 bits per heavy atom. The van der Waals surface area contributed by atoms with Crippen LogP contribution in [0.3, 0.4) is 0 Å². The van der Waals surface area contributed by atoms with Crippen molar-refractivity contribution in [2.24, 2.45) is 5.14 Å². The van der Waals surface area contributed by atoms with Gasteiger partial charge in [-0.3, -0.25) is 0 Å². The summed E-state index contributed by atoms with van der Waals surface area (Å²) in [6.45, 7) is 2.90. The van der Waals surface area contributed by atoms with E-state index in [0.29, 0.717) is 11.3 Å². The molecule has 0 aliphatic heterocycles. The Balaban J connectivity index is 2.50. The van der Waals surface area contributed by atoms with Crippen molar-refractivity contribution in [3.63, 3.8) is 0 Å². The molecule has 0 aliphatic rings. The lowest BCUT2D eigenvalue weighted by molar-refractivity contribution is 0.598. The Hall–Kier alpha value is -1.02. The topological polar surface area (TPSA) is 78.0 Å². The van der Waals surface area contributed by atoms with Crippen LogP contribution in [0.4, 0.5) is 0 Å². The number of sulfonamides is 1. The highest BCUT2D eigenvalue weighted by Gasteiger charge is 2.14. The van der Waals surface area contributed by atoms with Gasteiger partial charge in [0.05, 0.1) is 15.9 Å². The van der Waals surface area contributed by atoms with Gasteiger partial charge in [0.25, 0.3) is 0 Å². The molecule has 0 unspecified atom stereocenters. The summed E-state index contributed by atoms with van der Waals surface area (Å²) >= 11 is 7.07. The molecule has 0 spiro atoms. The van der Waals surface area contributed by atoms with Gasteiger partial charge in [-0.2, -0.15) is 0 Å². The van der Waals surface area contributed by atoms with E-state index in [4.69, 9.17) is 16.7 Å². The van der Waals surface area contributed by atoms with Crippen LogP contribution in [0.1, 0.15) is 13.3 Å². The van der Waals surface area contributed by atoms with E-state index in [0.717, 1.165) is 23.6 Å². The molecule has 114 valence electrons. The summed E-state index contributed by atoms with van der Waals surface area (Å²) in [5.74, 6) is 0.707. The molecule has 2 aromatic rings. The number of fused-ring (bicyclic) bond motifs is 1. The summed E-state index contributed by atoms with van der Waals surface area (Å²) < 4.78 is 24.9. The van der Waals surface area contributed by atoms with Crippen LogP contribution in [0.5, 0.6) is 0 Å². The van der Waals surface area contributed by atoms with Crippen molar-refractivity contribution in [1.82, 2.24) is 9.55 Å². The molecular weight excluding hydrogens is 330 g/mol. The molecule has 0 aliphatic carbocycles. The number of primary sulfonamides is 1. The van der Waals surface area contributed by atoms with E-state index in [9.17, 15) is 8.42 Å². The van der Waals surface area contributed by atoms with E-state index in [2.05, 4.69) is 16.5 Å². The lowest BCUT2D eigenvalue weighted by Gasteiger charge is -2.06. The first-order valence-electron chi connectivity index (χ1n) is 6.38. The largest absolute Gasteiger partial charge is 0.319 e. The van der Waals surface area contributed by atoms with Gasteiger partial charge in [0.1, 0.15) is 0 Å². The summed E-state index contributed by atoms with van der Waals surface area (Å²) in [4.78, 5) is 4.58. The maximum Gasteiger partial charge on any atom is 0.238 e. The first-order valence-corrected chi connectivity index (χ1v) is 9.35. The van der Waals surface area contributed by atoms with Crippen molar-refractivity contribution in [3.05, 3.63) is 29.8 Å². The zero-order valence-electron chi connectivity index (χ0n) is 11.5. The lowest BCUT2D eigenvalue weighted by Crippen LogP contribution is -2.11. The van der Waals surface area contributed by atoms with Crippen LogP contribution in [0.2, 0.25) is 0 Å². The van der Waals surface area contributed by atoms with Crippen LogP contribution in [-0.2, 0) is 16.6 Å². The Kier molecular flexibility index (Phi) is 5.32. The molecule has 0 saturated heterocycles. The van der Waals surface area contributed by atoms with Crippen LogP contribution in [-0.4, -0.2) is 23.7 Å². The van der Waals surface area contributed by atoms with Gasteiger partial charge < -0.3 is 4.57 Å². The van der Waals surface area contributed by atoms with Crippen LogP contribution in [0.25, 0.3) is 11.0 Å². The van der Waals surface area contributed by atoms with E-state index >= 15 is 0 Å². The molecule has 0 saturated carbocycles. The minimum absolute atomic E-state index is 0.0772. The van der Waals surface area contributed by atoms with E-state index in [1.54, 1.807) is 17.8 Å². The molecule has 1 heterocycles. The van der Waals surface area contributed by atoms with Gasteiger partial charge in [0.2, 0.25) is 10.0 Å². The van der Waals surface area contributed by atoms with Gasteiger partial charge in [-0.25, -0.2) is 18.5 Å². The minimum atomic E-state index is -3.72. The molecule has 0 fully saturated rings. The quantitative estimate of drug-likeness (QED) is 0.816. The Morgan fingerprint density at radius 2 is 2.24 bits per heavy atom. The summed E-state index contributed by atoms with van der Waals surface area (Å²) in [6.07, 6.45) is 2.79. The van der Waals surface area contributed by atoms with Crippen LogP contribution < -0.4 is 5.14 Å². The second kappa shape index (κ2) is 6.83.